The van der Waals surface area contributed by atoms with E-state index in [1.165, 1.54) is 6.26 Å². The van der Waals surface area contributed by atoms with Gasteiger partial charge in [0.15, 0.2) is 5.76 Å². The minimum Gasteiger partial charge on any atom is -0.459 e. The molecule has 1 aromatic carbocycles. The number of rotatable bonds is 5. The molecule has 1 N–H and O–H groups in total. The molecule has 0 aliphatic carbocycles. The predicted octanol–water partition coefficient (Wildman–Crippen LogP) is 1.97. The highest BCUT2D eigenvalue weighted by atomic mass is 16.4. The van der Waals surface area contributed by atoms with Gasteiger partial charge in [-0.25, -0.2) is 4.79 Å². The first kappa shape index (κ1) is 14.8. The summed E-state index contributed by atoms with van der Waals surface area (Å²) in [6.07, 6.45) is 1.45. The number of carbonyl (C=O) groups is 1. The molecule has 1 amide bonds. The number of nitrogens with one attached hydrogen (secondary N) is 1. The minimum atomic E-state index is -0.709. The second-order valence-corrected chi connectivity index (χ2v) is 5.01. The summed E-state index contributed by atoms with van der Waals surface area (Å²) in [5.41, 5.74) is 0.977. The third-order valence-electron chi connectivity index (χ3n) is 3.31. The van der Waals surface area contributed by atoms with Gasteiger partial charge in [-0.3, -0.25) is 4.79 Å². The highest BCUT2D eigenvalue weighted by Gasteiger charge is 2.16. The molecule has 0 aliphatic heterocycles. The molecular weight excluding hydrogens is 298 g/mol. The fraction of sp³-hybridized carbons (Fsp3) is 0.188. The first-order valence-corrected chi connectivity index (χ1v) is 7.09. The average molecular weight is 313 g/mol. The summed E-state index contributed by atoms with van der Waals surface area (Å²) in [6, 6.07) is 12.6. The quantitative estimate of drug-likeness (QED) is 0.777. The van der Waals surface area contributed by atoms with Crippen LogP contribution in [0.2, 0.25) is 0 Å². The minimum absolute atomic E-state index is 0.0453. The number of nitrogens with zero attached hydrogens (tertiary/aromatic N) is 2. The van der Waals surface area contributed by atoms with Gasteiger partial charge in [0.25, 0.3) is 5.89 Å². The summed E-state index contributed by atoms with van der Waals surface area (Å²) in [4.78, 5) is 23.8. The highest BCUT2D eigenvalue weighted by Crippen LogP contribution is 2.15. The maximum Gasteiger partial charge on any atom is 0.437 e. The van der Waals surface area contributed by atoms with Gasteiger partial charge < -0.3 is 14.2 Å². The molecule has 0 aliphatic rings. The van der Waals surface area contributed by atoms with Crippen molar-refractivity contribution >= 4 is 5.91 Å². The van der Waals surface area contributed by atoms with Gasteiger partial charge in [-0.2, -0.15) is 4.68 Å². The maximum atomic E-state index is 12.1. The number of carbonyl (C=O) groups excluding carboxylic acids is 1. The van der Waals surface area contributed by atoms with Gasteiger partial charge in [-0.1, -0.05) is 30.3 Å². The van der Waals surface area contributed by atoms with E-state index in [0.29, 0.717) is 5.76 Å². The summed E-state index contributed by atoms with van der Waals surface area (Å²) in [7, 11) is 0. The van der Waals surface area contributed by atoms with Crippen LogP contribution in [0, 0.1) is 0 Å². The second kappa shape index (κ2) is 6.35. The standard InChI is InChI=1S/C16H15N3O4/c1-11(12-6-3-2-4-7-12)17-14(20)10-19-16(21)23-15(18-19)13-8-5-9-22-13/h2-9,11H,10H2,1H3,(H,17,20)/t11-/m1/s1. The zero-order chi connectivity index (χ0) is 16.2. The van der Waals surface area contributed by atoms with E-state index in [1.54, 1.807) is 12.1 Å². The zero-order valence-electron chi connectivity index (χ0n) is 12.4. The fourth-order valence-electron chi connectivity index (χ4n) is 2.15. The Balaban J connectivity index is 1.68. The fourth-order valence-corrected chi connectivity index (χ4v) is 2.15. The van der Waals surface area contributed by atoms with Crippen LogP contribution < -0.4 is 11.1 Å². The number of amides is 1. The van der Waals surface area contributed by atoms with Crippen molar-refractivity contribution in [1.82, 2.24) is 15.1 Å². The summed E-state index contributed by atoms with van der Waals surface area (Å²) in [6.45, 7) is 1.65. The molecule has 3 rings (SSSR count). The van der Waals surface area contributed by atoms with Crippen LogP contribution in [0.5, 0.6) is 0 Å². The van der Waals surface area contributed by atoms with Gasteiger partial charge in [0, 0.05) is 0 Å². The molecule has 0 fully saturated rings. The monoisotopic (exact) mass is 313 g/mol. The van der Waals surface area contributed by atoms with Gasteiger partial charge in [0.05, 0.1) is 12.3 Å². The molecule has 118 valence electrons. The number of hydrogen-bond acceptors (Lipinski definition) is 5. The van der Waals surface area contributed by atoms with Crippen molar-refractivity contribution < 1.29 is 13.6 Å². The molecule has 0 unspecified atom stereocenters. The smallest absolute Gasteiger partial charge is 0.437 e. The summed E-state index contributed by atoms with van der Waals surface area (Å²) >= 11 is 0. The van der Waals surface area contributed by atoms with Crippen LogP contribution in [0.15, 0.2) is 62.4 Å². The largest absolute Gasteiger partial charge is 0.459 e. The lowest BCUT2D eigenvalue weighted by molar-refractivity contribution is -0.122. The van der Waals surface area contributed by atoms with Gasteiger partial charge in [-0.05, 0) is 24.6 Å². The second-order valence-electron chi connectivity index (χ2n) is 5.01. The van der Waals surface area contributed by atoms with Crippen LogP contribution in [-0.4, -0.2) is 15.7 Å². The van der Waals surface area contributed by atoms with Crippen LogP contribution in [0.1, 0.15) is 18.5 Å². The van der Waals surface area contributed by atoms with E-state index < -0.39 is 5.76 Å². The lowest BCUT2D eigenvalue weighted by Crippen LogP contribution is -2.33. The Morgan fingerprint density at radius 1 is 1.26 bits per heavy atom. The van der Waals surface area contributed by atoms with E-state index in [0.717, 1.165) is 10.2 Å². The van der Waals surface area contributed by atoms with Crippen LogP contribution >= 0.6 is 0 Å². The molecule has 7 nitrogen and oxygen atoms in total. The first-order valence-electron chi connectivity index (χ1n) is 7.09. The Hall–Kier alpha value is -3.09. The van der Waals surface area contributed by atoms with Crippen molar-refractivity contribution in [2.24, 2.45) is 0 Å². The molecule has 1 atom stereocenters. The van der Waals surface area contributed by atoms with Crippen molar-refractivity contribution in [3.63, 3.8) is 0 Å². The van der Waals surface area contributed by atoms with Crippen LogP contribution in [0.3, 0.4) is 0 Å². The first-order chi connectivity index (χ1) is 11.1. The summed E-state index contributed by atoms with van der Waals surface area (Å²) in [5.74, 6) is -0.663. The van der Waals surface area contributed by atoms with Gasteiger partial charge in [0.2, 0.25) is 5.91 Å². The Morgan fingerprint density at radius 3 is 2.74 bits per heavy atom. The Kier molecular flexibility index (Phi) is 4.09. The molecule has 7 heteroatoms. The van der Waals surface area contributed by atoms with E-state index in [-0.39, 0.29) is 24.4 Å². The van der Waals surface area contributed by atoms with Crippen LogP contribution in [0.4, 0.5) is 0 Å². The van der Waals surface area contributed by atoms with Gasteiger partial charge >= 0.3 is 5.76 Å². The molecule has 2 heterocycles. The number of aromatic nitrogens is 2. The van der Waals surface area contributed by atoms with Crippen LogP contribution in [0.25, 0.3) is 11.7 Å². The number of furan rings is 1. The van der Waals surface area contributed by atoms with E-state index in [1.807, 2.05) is 37.3 Å². The average Bonchev–Trinajstić information content (AvgIpc) is 3.18. The van der Waals surface area contributed by atoms with Crippen molar-refractivity contribution in [2.75, 3.05) is 0 Å². The molecule has 23 heavy (non-hydrogen) atoms. The molecule has 0 saturated heterocycles. The van der Waals surface area contributed by atoms with Crippen molar-refractivity contribution in [3.8, 4) is 11.7 Å². The predicted molar refractivity (Wildman–Crippen MR) is 81.5 cm³/mol. The summed E-state index contributed by atoms with van der Waals surface area (Å²) in [5, 5.41) is 6.77. The third-order valence-corrected chi connectivity index (χ3v) is 3.31. The Labute approximate surface area is 131 Å². The van der Waals surface area contributed by atoms with Gasteiger partial charge in [-0.15, -0.1) is 5.10 Å². The third kappa shape index (κ3) is 3.39. The maximum absolute atomic E-state index is 12.1. The lowest BCUT2D eigenvalue weighted by atomic mass is 10.1. The van der Waals surface area contributed by atoms with E-state index in [2.05, 4.69) is 10.4 Å². The SMILES string of the molecule is C[C@@H](NC(=O)Cn1nc(-c2ccco2)oc1=O)c1ccccc1. The Morgan fingerprint density at radius 2 is 2.04 bits per heavy atom. The normalized spacial score (nSPS) is 12.0. The molecule has 0 saturated carbocycles. The van der Waals surface area contributed by atoms with Crippen molar-refractivity contribution in [1.29, 1.82) is 0 Å². The van der Waals surface area contributed by atoms with E-state index in [4.69, 9.17) is 8.83 Å². The zero-order valence-corrected chi connectivity index (χ0v) is 12.4. The van der Waals surface area contributed by atoms with Crippen molar-refractivity contribution in [3.05, 3.63) is 64.8 Å². The van der Waals surface area contributed by atoms with Gasteiger partial charge in [0.1, 0.15) is 6.54 Å². The van der Waals surface area contributed by atoms with E-state index in [9.17, 15) is 9.59 Å². The molecule has 3 aromatic rings. The molecular formula is C16H15N3O4. The molecule has 0 radical (unpaired) electrons. The highest BCUT2D eigenvalue weighted by molar-refractivity contribution is 5.76. The lowest BCUT2D eigenvalue weighted by Gasteiger charge is -2.13. The number of benzene rings is 1. The number of hydrogen-bond donors (Lipinski definition) is 1. The Bertz CT molecular complexity index is 834. The molecule has 2 aromatic heterocycles. The topological polar surface area (TPSA) is 90.3 Å². The summed E-state index contributed by atoms with van der Waals surface area (Å²) < 4.78 is 11.0. The van der Waals surface area contributed by atoms with Crippen molar-refractivity contribution in [2.45, 2.75) is 19.5 Å². The van der Waals surface area contributed by atoms with Crippen LogP contribution in [-0.2, 0) is 11.3 Å². The van der Waals surface area contributed by atoms with E-state index >= 15 is 0 Å². The molecule has 0 bridgehead atoms. The molecule has 0 spiro atoms.